The van der Waals surface area contributed by atoms with E-state index in [2.05, 4.69) is 107 Å². The Balaban J connectivity index is 0.000000161. The van der Waals surface area contributed by atoms with Gasteiger partial charge in [-0.15, -0.1) is 0 Å². The summed E-state index contributed by atoms with van der Waals surface area (Å²) in [6, 6.07) is 22.0. The van der Waals surface area contributed by atoms with Crippen LogP contribution in [0.3, 0.4) is 0 Å². The zero-order valence-electron chi connectivity index (χ0n) is 77.9. The van der Waals surface area contributed by atoms with Gasteiger partial charge >= 0.3 is 24.7 Å². The number of rotatable bonds is 30. The number of hydrogen-bond acceptors (Lipinski definition) is 35. The highest BCUT2D eigenvalue weighted by Gasteiger charge is 2.40. The van der Waals surface area contributed by atoms with E-state index in [4.69, 9.17) is 64.3 Å². The van der Waals surface area contributed by atoms with Gasteiger partial charge in [-0.2, -0.15) is 57.7 Å². The van der Waals surface area contributed by atoms with Crippen molar-refractivity contribution in [3.8, 4) is 74.7 Å². The van der Waals surface area contributed by atoms with Gasteiger partial charge in [-0.1, -0.05) is 0 Å². The van der Waals surface area contributed by atoms with Gasteiger partial charge in [0.25, 0.3) is 23.6 Å². The van der Waals surface area contributed by atoms with E-state index in [0.29, 0.717) is 100.0 Å². The van der Waals surface area contributed by atoms with Crippen molar-refractivity contribution in [2.24, 2.45) is 22.9 Å². The van der Waals surface area contributed by atoms with Crippen LogP contribution in [0.15, 0.2) is 164 Å². The van der Waals surface area contributed by atoms with Crippen LogP contribution < -0.4 is 83.8 Å². The monoisotopic (exact) mass is 2010 g/mol. The first kappa shape index (κ1) is 105. The Morgan fingerprint density at radius 1 is 0.375 bits per heavy atom. The van der Waals surface area contributed by atoms with Gasteiger partial charge < -0.3 is 107 Å². The van der Waals surface area contributed by atoms with Crippen LogP contribution in [0.2, 0.25) is 0 Å². The number of halogens is 12. The number of ether oxygens (including phenoxy) is 5. The Labute approximate surface area is 808 Å². The van der Waals surface area contributed by atoms with Crippen molar-refractivity contribution in [2.75, 3.05) is 84.2 Å². The number of carbonyl (C=O) groups excluding carboxylic acids is 4. The normalized spacial score (nSPS) is 14.2. The molecule has 144 heavy (non-hydrogen) atoms. The summed E-state index contributed by atoms with van der Waals surface area (Å²) in [5.74, 6) is 0.505. The van der Waals surface area contributed by atoms with Gasteiger partial charge in [0.15, 0.2) is 45.8 Å². The molecule has 16 rings (SSSR count). The van der Waals surface area contributed by atoms with E-state index in [1.165, 1.54) is 90.3 Å². The minimum atomic E-state index is -4.64. The predicted octanol–water partition coefficient (Wildman–Crippen LogP) is 14.7. The van der Waals surface area contributed by atoms with Crippen molar-refractivity contribution in [1.82, 2.24) is 91.0 Å². The molecule has 16 N–H and O–H groups in total. The molecule has 0 spiro atoms. The van der Waals surface area contributed by atoms with Gasteiger partial charge in [-0.05, 0) is 163 Å². The standard InChI is InChI=1S/C24H24F3N7O4.C24H24F3N7O3.C23H22F3N7O3.C22H23F3N4O4/c1-12(28)20-19(21(35)29-10-11-31-23-30-9-8-17(33-23)37-3)34-22(38-20)14-4-6-15(36-2)18-13(14)5-7-16(32-18)24(25,26)27;1-12(11-31-23-29-9-4-10-30-23)32-21(35)19-20(13(2)28)37-22(34-19)15-5-7-16(36-3)18-14(15)6-8-17(33-18)24(25,26)27;1-12(27)19-18(20(34)28-10-11-31-22-29-8-3-9-30-22)33-21(36-19)14-4-6-15(35-2)17-13(14)5-7-16(32-17)23(24,25)26;1-10(26)19-18(20(31)27-13-4-3-5-14(13)30)29-21(33-19)12-6-8-15(32-2)17-11(12)7-9-16(28-17)22(23,24)25/h4-9,12H,10-11,28H2,1-3H3,(H,29,35)(H,30,31,33);4-10,12-13H,11,28H2,1-3H3,(H,32,35)(H,29,30,31);3-9,12H,10-11,27H2,1-2H3,(H,28,34)(H,29,30,31);6-10,13-14,30H,3-5,26H2,1-2H3,(H,27,31)/t12-;12-,13-;12-;10-,13?,14-/m0000/s1. The molecule has 4 amide bonds. The SMILES string of the molecule is COc1ccc(-c2nc(C(=O)NC3CCC[C@@H]3O)c([C@H](C)N)o2)c2ccc(C(F)(F)F)nc12.COc1ccc(-c2nc(C(=O)NCCNc3ncccn3)c([C@H](C)N)o2)c2ccc(C(F)(F)F)nc12.COc1ccc(-c2nc(C(=O)N[C@@H](C)CNc3ncccn3)c([C@H](C)N)o2)c2ccc(C(F)(F)F)nc12.COc1ccnc(NCCNC(=O)c2nc(-c3ccc(OC)c4nc(C(F)(F)F)ccc34)oc2[C@H](C)N)n1. The third kappa shape index (κ3) is 24.9. The van der Waals surface area contributed by atoms with E-state index in [1.54, 1.807) is 102 Å². The third-order valence-electron chi connectivity index (χ3n) is 21.5. The molecule has 0 saturated heterocycles. The number of benzene rings is 4. The van der Waals surface area contributed by atoms with E-state index in [-0.39, 0.29) is 134 Å². The minimum absolute atomic E-state index is 0.000401. The summed E-state index contributed by atoms with van der Waals surface area (Å²) in [7, 11) is 6.80. The maximum absolute atomic E-state index is 13.3. The number of methoxy groups -OCH3 is 5. The maximum atomic E-state index is 13.3. The highest BCUT2D eigenvalue weighted by molar-refractivity contribution is 6.02. The van der Waals surface area contributed by atoms with Gasteiger partial charge in [-0.3, -0.25) is 19.2 Å². The van der Waals surface area contributed by atoms with Crippen LogP contribution in [0.1, 0.15) is 166 Å². The molecular formula is C93H93F12N25O14. The third-order valence-corrected chi connectivity index (χ3v) is 21.5. The van der Waals surface area contributed by atoms with Crippen LogP contribution in [-0.2, 0) is 24.7 Å². The Hall–Kier alpha value is -16.2. The van der Waals surface area contributed by atoms with E-state index >= 15 is 0 Å². The van der Waals surface area contributed by atoms with Crippen LogP contribution in [0.4, 0.5) is 70.5 Å². The van der Waals surface area contributed by atoms with Crippen LogP contribution >= 0.6 is 0 Å². The molecule has 51 heteroatoms. The lowest BCUT2D eigenvalue weighted by Crippen LogP contribution is -2.40. The number of nitrogens with one attached hydrogen (secondary N) is 7. The molecule has 758 valence electrons. The van der Waals surface area contributed by atoms with E-state index in [0.717, 1.165) is 30.7 Å². The lowest BCUT2D eigenvalue weighted by molar-refractivity contribution is -0.141. The number of anilines is 3. The largest absolute Gasteiger partial charge is 0.494 e. The molecule has 1 fully saturated rings. The van der Waals surface area contributed by atoms with E-state index < -0.39 is 107 Å². The number of amides is 4. The predicted molar refractivity (Wildman–Crippen MR) is 496 cm³/mol. The van der Waals surface area contributed by atoms with Crippen LogP contribution in [0, 0.1) is 0 Å². The number of nitrogens with two attached hydrogens (primary N) is 4. The highest BCUT2D eigenvalue weighted by Crippen LogP contribution is 2.44. The van der Waals surface area contributed by atoms with Crippen molar-refractivity contribution >= 4 is 85.1 Å². The Morgan fingerprint density at radius 2 is 0.688 bits per heavy atom. The fourth-order valence-corrected chi connectivity index (χ4v) is 14.6. The van der Waals surface area contributed by atoms with Gasteiger partial charge in [-0.25, -0.2) is 64.8 Å². The van der Waals surface area contributed by atoms with Crippen LogP contribution in [-0.4, -0.2) is 185 Å². The number of aliphatic hydroxyl groups is 1. The van der Waals surface area contributed by atoms with Crippen molar-refractivity contribution in [1.29, 1.82) is 0 Å². The molecule has 0 radical (unpaired) electrons. The van der Waals surface area contributed by atoms with Gasteiger partial charge in [0.05, 0.1) is 71.9 Å². The number of alkyl halides is 12. The van der Waals surface area contributed by atoms with Crippen LogP contribution in [0.25, 0.3) is 89.4 Å². The zero-order chi connectivity index (χ0) is 104. The summed E-state index contributed by atoms with van der Waals surface area (Å²) in [6.45, 7) is 9.67. The average Bonchev–Trinajstić information content (AvgIpc) is 1.45. The molecule has 15 aromatic rings. The zero-order valence-corrected chi connectivity index (χ0v) is 77.9. The first-order valence-electron chi connectivity index (χ1n) is 43.7. The van der Waals surface area contributed by atoms with Crippen molar-refractivity contribution < 1.29 is 118 Å². The van der Waals surface area contributed by atoms with Gasteiger partial charge in [0.1, 0.15) is 67.8 Å². The Bertz CT molecular complexity index is 7090. The average molecular weight is 2010 g/mol. The second-order valence-electron chi connectivity index (χ2n) is 32.0. The molecule has 1 saturated carbocycles. The topological polar surface area (TPSA) is 556 Å². The molecule has 1 unspecified atom stereocenters. The molecule has 0 bridgehead atoms. The molecule has 1 aliphatic rings. The van der Waals surface area contributed by atoms with E-state index in [9.17, 15) is 77.0 Å². The van der Waals surface area contributed by atoms with Crippen LogP contribution in [0.5, 0.6) is 28.9 Å². The number of hydrogen-bond donors (Lipinski definition) is 12. The van der Waals surface area contributed by atoms with Gasteiger partial charge in [0.2, 0.25) is 47.3 Å². The molecule has 4 aromatic carbocycles. The first-order chi connectivity index (χ1) is 68.5. The molecular weight excluding hydrogens is 1920 g/mol. The maximum Gasteiger partial charge on any atom is 0.433 e. The molecule has 0 aliphatic heterocycles. The Morgan fingerprint density at radius 3 is 0.993 bits per heavy atom. The minimum Gasteiger partial charge on any atom is -0.494 e. The molecule has 11 aromatic heterocycles. The molecule has 1 aliphatic carbocycles. The fraction of sp³-hybridized carbons (Fsp3) is 0.312. The number of oxazole rings is 4. The molecule has 11 heterocycles. The second kappa shape index (κ2) is 45.2. The van der Waals surface area contributed by atoms with Crippen molar-refractivity contribution in [2.45, 2.75) is 121 Å². The van der Waals surface area contributed by atoms with E-state index in [1.807, 2.05) is 0 Å². The summed E-state index contributed by atoms with van der Waals surface area (Å²) in [5.41, 5.74) is 20.8. The quantitative estimate of drug-likeness (QED) is 0.0147. The summed E-state index contributed by atoms with van der Waals surface area (Å²) in [6.07, 6.45) is -9.27. The summed E-state index contributed by atoms with van der Waals surface area (Å²) in [5, 5.41) is 31.2. The number of nitrogens with zero attached hydrogens (tertiary/aromatic N) is 14. The fourth-order valence-electron chi connectivity index (χ4n) is 14.6. The number of carbonyl (C=O) groups is 4. The number of fused-ring (bicyclic) bond motifs is 4. The second-order valence-corrected chi connectivity index (χ2v) is 32.0. The lowest BCUT2D eigenvalue weighted by atomic mass is 10.1. The first-order valence-corrected chi connectivity index (χ1v) is 43.7. The Kier molecular flexibility index (Phi) is 33.0. The molecule has 7 atom stereocenters. The number of aliphatic hydroxyl groups excluding tert-OH is 1. The van der Waals surface area contributed by atoms with Crippen molar-refractivity contribution in [3.05, 3.63) is 215 Å². The van der Waals surface area contributed by atoms with Crippen molar-refractivity contribution in [3.63, 3.8) is 0 Å². The smallest absolute Gasteiger partial charge is 0.433 e. The number of pyridine rings is 4. The summed E-state index contributed by atoms with van der Waals surface area (Å²) in [4.78, 5) is 108. The number of aromatic nitrogens is 14. The summed E-state index contributed by atoms with van der Waals surface area (Å²) >= 11 is 0. The van der Waals surface area contributed by atoms with Gasteiger partial charge in [0, 0.05) is 120 Å². The summed E-state index contributed by atoms with van der Waals surface area (Å²) < 4.78 is 208. The highest BCUT2D eigenvalue weighted by atomic mass is 19.4. The lowest BCUT2D eigenvalue weighted by Gasteiger charge is -2.15. The molecule has 39 nitrogen and oxygen atoms in total.